The van der Waals surface area contributed by atoms with Crippen molar-refractivity contribution in [1.29, 1.82) is 0 Å². The third kappa shape index (κ3) is 6.66. The Labute approximate surface area is 145 Å². The average molecular weight is 358 g/mol. The highest BCUT2D eigenvalue weighted by atomic mass is 19.2. The number of benzene rings is 1. The van der Waals surface area contributed by atoms with Crippen molar-refractivity contribution in [2.75, 3.05) is 6.54 Å². The molecule has 0 bridgehead atoms. The van der Waals surface area contributed by atoms with E-state index in [1.165, 1.54) is 12.1 Å². The molecule has 1 rings (SSSR count). The lowest BCUT2D eigenvalue weighted by atomic mass is 9.92. The van der Waals surface area contributed by atoms with E-state index in [1.54, 1.807) is 20.8 Å². The molecule has 2 atom stereocenters. The highest BCUT2D eigenvalue weighted by Gasteiger charge is 2.26. The molecule has 1 aromatic carbocycles. The fourth-order valence-electron chi connectivity index (χ4n) is 2.31. The van der Waals surface area contributed by atoms with Gasteiger partial charge in [0, 0.05) is 0 Å². The Bertz CT molecular complexity index is 617. The van der Waals surface area contributed by atoms with E-state index in [1.807, 2.05) is 0 Å². The van der Waals surface area contributed by atoms with Crippen LogP contribution in [0.2, 0.25) is 0 Å². The van der Waals surface area contributed by atoms with Gasteiger partial charge in [0.2, 0.25) is 0 Å². The molecule has 0 aliphatic heterocycles. The van der Waals surface area contributed by atoms with Crippen LogP contribution in [0.4, 0.5) is 13.6 Å². The molecule has 140 valence electrons. The lowest BCUT2D eigenvalue weighted by Gasteiger charge is -2.23. The molecule has 1 amide bonds. The summed E-state index contributed by atoms with van der Waals surface area (Å²) in [5.41, 5.74) is 4.94. The molecule has 0 heterocycles. The largest absolute Gasteiger partial charge is 0.480 e. The lowest BCUT2D eigenvalue weighted by molar-refractivity contribution is -0.139. The van der Waals surface area contributed by atoms with Crippen molar-refractivity contribution in [3.05, 3.63) is 35.4 Å². The second-order valence-electron chi connectivity index (χ2n) is 6.69. The molecule has 0 aliphatic rings. The maximum Gasteiger partial charge on any atom is 0.408 e. The fraction of sp³-hybridized carbons (Fsp3) is 0.529. The number of halogens is 2. The van der Waals surface area contributed by atoms with E-state index < -0.39 is 41.3 Å². The maximum atomic E-state index is 13.9. The standard InChI is InChI=1S/C17H24F2N2O4/c1-17(2,3)25-16(24)21-13(15(22)23)8-7-10(9-20)11-5-4-6-12(18)14(11)19/h4-6,10,13H,7-9,20H2,1-3H3,(H,21,24)(H,22,23)/t10?,13-/m1/s1. The van der Waals surface area contributed by atoms with Gasteiger partial charge in [0.15, 0.2) is 11.6 Å². The number of carbonyl (C=O) groups excluding carboxylic acids is 1. The Balaban J connectivity index is 2.77. The minimum absolute atomic E-state index is 0.00754. The van der Waals surface area contributed by atoms with Gasteiger partial charge in [0.25, 0.3) is 0 Å². The smallest absolute Gasteiger partial charge is 0.408 e. The van der Waals surface area contributed by atoms with Crippen LogP contribution in [0.3, 0.4) is 0 Å². The van der Waals surface area contributed by atoms with Gasteiger partial charge < -0.3 is 20.9 Å². The number of alkyl carbamates (subject to hydrolysis) is 1. The maximum absolute atomic E-state index is 13.9. The molecule has 6 nitrogen and oxygen atoms in total. The molecule has 0 saturated heterocycles. The summed E-state index contributed by atoms with van der Waals surface area (Å²) in [6, 6.07) is 2.55. The first-order valence-corrected chi connectivity index (χ1v) is 7.91. The number of carbonyl (C=O) groups is 2. The number of carboxylic acid groups (broad SMARTS) is 1. The summed E-state index contributed by atoms with van der Waals surface area (Å²) < 4.78 is 32.3. The molecule has 0 radical (unpaired) electrons. The Morgan fingerprint density at radius 3 is 2.44 bits per heavy atom. The predicted octanol–water partition coefficient (Wildman–Crippen LogP) is 2.77. The van der Waals surface area contributed by atoms with Crippen molar-refractivity contribution in [3.8, 4) is 0 Å². The van der Waals surface area contributed by atoms with Gasteiger partial charge in [-0.25, -0.2) is 18.4 Å². The summed E-state index contributed by atoms with van der Waals surface area (Å²) in [6.07, 6.45) is -0.711. The topological polar surface area (TPSA) is 102 Å². The molecule has 1 aromatic rings. The van der Waals surface area contributed by atoms with Crippen molar-refractivity contribution in [1.82, 2.24) is 5.32 Å². The molecule has 0 aromatic heterocycles. The van der Waals surface area contributed by atoms with Gasteiger partial charge in [-0.2, -0.15) is 0 Å². The monoisotopic (exact) mass is 358 g/mol. The number of carboxylic acids is 1. The normalized spacial score (nSPS) is 13.8. The Morgan fingerprint density at radius 2 is 1.92 bits per heavy atom. The van der Waals surface area contributed by atoms with Gasteiger partial charge in [-0.05, 0) is 57.7 Å². The number of nitrogens with two attached hydrogens (primary N) is 1. The Morgan fingerprint density at radius 1 is 1.28 bits per heavy atom. The molecular weight excluding hydrogens is 334 g/mol. The summed E-state index contributed by atoms with van der Waals surface area (Å²) in [4.78, 5) is 23.0. The second-order valence-corrected chi connectivity index (χ2v) is 6.69. The van der Waals surface area contributed by atoms with Crippen LogP contribution < -0.4 is 11.1 Å². The number of rotatable bonds is 7. The van der Waals surface area contributed by atoms with Gasteiger partial charge in [0.1, 0.15) is 11.6 Å². The van der Waals surface area contributed by atoms with E-state index in [9.17, 15) is 23.5 Å². The highest BCUT2D eigenvalue weighted by Crippen LogP contribution is 2.25. The zero-order valence-corrected chi connectivity index (χ0v) is 14.5. The number of hydrogen-bond acceptors (Lipinski definition) is 4. The second kappa shape index (κ2) is 8.75. The summed E-state index contributed by atoms with van der Waals surface area (Å²) in [6.45, 7) is 4.97. The number of amides is 1. The van der Waals surface area contributed by atoms with Gasteiger partial charge in [-0.3, -0.25) is 0 Å². The average Bonchev–Trinajstić information content (AvgIpc) is 2.48. The summed E-state index contributed by atoms with van der Waals surface area (Å²) in [5.74, 6) is -3.80. The molecule has 4 N–H and O–H groups in total. The van der Waals surface area contributed by atoms with Crippen molar-refractivity contribution >= 4 is 12.1 Å². The van der Waals surface area contributed by atoms with E-state index >= 15 is 0 Å². The fourth-order valence-corrected chi connectivity index (χ4v) is 2.31. The molecule has 0 fully saturated rings. The first-order chi connectivity index (χ1) is 11.5. The Kier molecular flexibility index (Phi) is 7.29. The first-order valence-electron chi connectivity index (χ1n) is 7.91. The van der Waals surface area contributed by atoms with Crippen LogP contribution in [-0.2, 0) is 9.53 Å². The van der Waals surface area contributed by atoms with E-state index in [4.69, 9.17) is 10.5 Å². The lowest BCUT2D eigenvalue weighted by Crippen LogP contribution is -2.43. The van der Waals surface area contributed by atoms with Crippen molar-refractivity contribution in [3.63, 3.8) is 0 Å². The number of nitrogens with one attached hydrogen (secondary N) is 1. The van der Waals surface area contributed by atoms with Crippen LogP contribution in [0.25, 0.3) is 0 Å². The van der Waals surface area contributed by atoms with Crippen molar-refractivity contribution in [2.45, 2.75) is 51.2 Å². The molecule has 0 aliphatic carbocycles. The van der Waals surface area contributed by atoms with Crippen LogP contribution in [-0.4, -0.2) is 35.4 Å². The SMILES string of the molecule is CC(C)(C)OC(=O)N[C@H](CCC(CN)c1cccc(F)c1F)C(=O)O. The number of ether oxygens (including phenoxy) is 1. The van der Waals surface area contributed by atoms with E-state index in [-0.39, 0.29) is 24.9 Å². The van der Waals surface area contributed by atoms with E-state index in [0.717, 1.165) is 6.07 Å². The van der Waals surface area contributed by atoms with Gasteiger partial charge in [0.05, 0.1) is 0 Å². The zero-order valence-electron chi connectivity index (χ0n) is 14.5. The predicted molar refractivity (Wildman–Crippen MR) is 88.2 cm³/mol. The molecule has 25 heavy (non-hydrogen) atoms. The van der Waals surface area contributed by atoms with Gasteiger partial charge >= 0.3 is 12.1 Å². The molecule has 1 unspecified atom stereocenters. The molecular formula is C17H24F2N2O4. The van der Waals surface area contributed by atoms with E-state index in [2.05, 4.69) is 5.32 Å². The van der Waals surface area contributed by atoms with Crippen LogP contribution in [0.1, 0.15) is 45.1 Å². The van der Waals surface area contributed by atoms with Crippen LogP contribution in [0.5, 0.6) is 0 Å². The zero-order chi connectivity index (χ0) is 19.2. The molecule has 0 saturated carbocycles. The van der Waals surface area contributed by atoms with Crippen LogP contribution in [0, 0.1) is 11.6 Å². The first kappa shape index (κ1) is 20.8. The van der Waals surface area contributed by atoms with Gasteiger partial charge in [-0.15, -0.1) is 0 Å². The summed E-state index contributed by atoms with van der Waals surface area (Å²) >= 11 is 0. The minimum Gasteiger partial charge on any atom is -0.480 e. The van der Waals surface area contributed by atoms with Crippen molar-refractivity contribution in [2.24, 2.45) is 5.73 Å². The van der Waals surface area contributed by atoms with Gasteiger partial charge in [-0.1, -0.05) is 12.1 Å². The number of hydrogen-bond donors (Lipinski definition) is 3. The van der Waals surface area contributed by atoms with E-state index in [0.29, 0.717) is 0 Å². The Hall–Kier alpha value is -2.22. The molecule has 0 spiro atoms. The molecule has 8 heteroatoms. The van der Waals surface area contributed by atoms with Crippen molar-refractivity contribution < 1.29 is 28.2 Å². The minimum atomic E-state index is -1.25. The summed E-state index contributed by atoms with van der Waals surface area (Å²) in [7, 11) is 0. The van der Waals surface area contributed by atoms with Crippen LogP contribution in [0.15, 0.2) is 18.2 Å². The third-order valence-electron chi connectivity index (χ3n) is 3.50. The van der Waals surface area contributed by atoms with Crippen LogP contribution >= 0.6 is 0 Å². The summed E-state index contributed by atoms with van der Waals surface area (Å²) in [5, 5.41) is 11.5. The third-order valence-corrected chi connectivity index (χ3v) is 3.50. The number of aliphatic carboxylic acids is 1. The highest BCUT2D eigenvalue weighted by molar-refractivity contribution is 5.79. The quantitative estimate of drug-likeness (QED) is 0.696.